The Bertz CT molecular complexity index is 602. The SMILES string of the molecule is CC(C)NCc1cc(S(=O)(=O)NCC2CC2(C)C)cn1C. The van der Waals surface area contributed by atoms with Crippen molar-refractivity contribution in [3.63, 3.8) is 0 Å². The largest absolute Gasteiger partial charge is 0.352 e. The molecule has 0 spiro atoms. The summed E-state index contributed by atoms with van der Waals surface area (Å²) < 4.78 is 29.3. The molecule has 0 radical (unpaired) electrons. The van der Waals surface area contributed by atoms with E-state index in [1.165, 1.54) is 0 Å². The molecule has 21 heavy (non-hydrogen) atoms. The number of hydrogen-bond acceptors (Lipinski definition) is 3. The van der Waals surface area contributed by atoms with E-state index in [-0.39, 0.29) is 5.41 Å². The minimum atomic E-state index is -3.40. The summed E-state index contributed by atoms with van der Waals surface area (Å²) in [4.78, 5) is 0.351. The van der Waals surface area contributed by atoms with Gasteiger partial charge in [0.05, 0.1) is 4.90 Å². The van der Waals surface area contributed by atoms with Crippen LogP contribution in [0.25, 0.3) is 0 Å². The fourth-order valence-corrected chi connectivity index (χ4v) is 3.60. The number of sulfonamides is 1. The fraction of sp³-hybridized carbons (Fsp3) is 0.733. The molecule has 0 amide bonds. The summed E-state index contributed by atoms with van der Waals surface area (Å²) in [7, 11) is -1.53. The maximum Gasteiger partial charge on any atom is 0.242 e. The molecular weight excluding hydrogens is 286 g/mol. The molecule has 120 valence electrons. The standard InChI is InChI=1S/C15H27N3O2S/c1-11(2)16-9-13-6-14(10-18(13)5)21(19,20)17-8-12-7-15(12,3)4/h6,10-12,16-17H,7-9H2,1-5H3. The lowest BCUT2D eigenvalue weighted by Crippen LogP contribution is -2.26. The molecule has 1 heterocycles. The molecule has 1 aliphatic carbocycles. The first-order valence-corrected chi connectivity index (χ1v) is 8.98. The van der Waals surface area contributed by atoms with Crippen LogP contribution in [0.1, 0.15) is 39.8 Å². The molecule has 0 aliphatic heterocycles. The van der Waals surface area contributed by atoms with Crippen molar-refractivity contribution in [3.05, 3.63) is 18.0 Å². The minimum Gasteiger partial charge on any atom is -0.352 e. The summed E-state index contributed by atoms with van der Waals surface area (Å²) in [6.07, 6.45) is 2.77. The lowest BCUT2D eigenvalue weighted by molar-refractivity contribution is 0.537. The Kier molecular flexibility index (Phi) is 4.52. The summed E-state index contributed by atoms with van der Waals surface area (Å²) in [5.41, 5.74) is 1.25. The first-order chi connectivity index (χ1) is 9.62. The molecule has 2 N–H and O–H groups in total. The van der Waals surface area contributed by atoms with Crippen molar-refractivity contribution < 1.29 is 8.42 Å². The summed E-state index contributed by atoms with van der Waals surface area (Å²) in [5.74, 6) is 0.457. The topological polar surface area (TPSA) is 63.1 Å². The second-order valence-corrected chi connectivity index (χ2v) is 8.82. The second kappa shape index (κ2) is 5.74. The molecule has 1 fully saturated rings. The Morgan fingerprint density at radius 1 is 1.43 bits per heavy atom. The summed E-state index contributed by atoms with van der Waals surface area (Å²) >= 11 is 0. The molecule has 1 atom stereocenters. The van der Waals surface area contributed by atoms with E-state index in [0.717, 1.165) is 12.1 Å². The molecular formula is C15H27N3O2S. The first-order valence-electron chi connectivity index (χ1n) is 7.50. The third-order valence-corrected chi connectivity index (χ3v) is 5.71. The van der Waals surface area contributed by atoms with Gasteiger partial charge in [0.15, 0.2) is 0 Å². The van der Waals surface area contributed by atoms with Crippen LogP contribution < -0.4 is 10.0 Å². The Hall–Kier alpha value is -0.850. The maximum atomic E-state index is 12.3. The third kappa shape index (κ3) is 4.08. The van der Waals surface area contributed by atoms with Crippen molar-refractivity contribution in [2.24, 2.45) is 18.4 Å². The van der Waals surface area contributed by atoms with Crippen LogP contribution in [0.5, 0.6) is 0 Å². The third-order valence-electron chi connectivity index (χ3n) is 4.32. The first kappa shape index (κ1) is 16.5. The van der Waals surface area contributed by atoms with Gasteiger partial charge < -0.3 is 9.88 Å². The second-order valence-electron chi connectivity index (χ2n) is 7.06. The van der Waals surface area contributed by atoms with E-state index < -0.39 is 10.0 Å². The van der Waals surface area contributed by atoms with Gasteiger partial charge in [0.1, 0.15) is 0 Å². The molecule has 6 heteroatoms. The zero-order valence-electron chi connectivity index (χ0n) is 13.6. The quantitative estimate of drug-likeness (QED) is 0.807. The molecule has 0 aromatic carbocycles. The van der Waals surface area contributed by atoms with E-state index in [4.69, 9.17) is 0 Å². The van der Waals surface area contributed by atoms with Crippen molar-refractivity contribution >= 4 is 10.0 Å². The number of aromatic nitrogens is 1. The smallest absolute Gasteiger partial charge is 0.242 e. The van der Waals surface area contributed by atoms with E-state index in [1.54, 1.807) is 12.3 Å². The normalized spacial score (nSPS) is 21.0. The summed E-state index contributed by atoms with van der Waals surface area (Å²) in [5, 5.41) is 3.30. The molecule has 1 unspecified atom stereocenters. The average Bonchev–Trinajstić information content (AvgIpc) is 2.78. The van der Waals surface area contributed by atoms with Crippen LogP contribution >= 0.6 is 0 Å². The van der Waals surface area contributed by atoms with E-state index in [0.29, 0.717) is 29.9 Å². The molecule has 1 saturated carbocycles. The van der Waals surface area contributed by atoms with Gasteiger partial charge >= 0.3 is 0 Å². The van der Waals surface area contributed by atoms with E-state index >= 15 is 0 Å². The number of nitrogens with one attached hydrogen (secondary N) is 2. The zero-order valence-corrected chi connectivity index (χ0v) is 14.4. The highest BCUT2D eigenvalue weighted by molar-refractivity contribution is 7.89. The van der Waals surface area contributed by atoms with Gasteiger partial charge in [-0.15, -0.1) is 0 Å². The average molecular weight is 313 g/mol. The van der Waals surface area contributed by atoms with Crippen molar-refractivity contribution in [1.29, 1.82) is 0 Å². The van der Waals surface area contributed by atoms with Crippen LogP contribution in [-0.4, -0.2) is 25.6 Å². The van der Waals surface area contributed by atoms with E-state index in [2.05, 4.69) is 37.7 Å². The molecule has 0 saturated heterocycles. The van der Waals surface area contributed by atoms with Gasteiger partial charge in [-0.25, -0.2) is 13.1 Å². The Morgan fingerprint density at radius 2 is 2.05 bits per heavy atom. The highest BCUT2D eigenvalue weighted by Gasteiger charge is 2.45. The van der Waals surface area contributed by atoms with Crippen LogP contribution in [0.2, 0.25) is 0 Å². The predicted molar refractivity (Wildman–Crippen MR) is 84.5 cm³/mol. The molecule has 0 bridgehead atoms. The number of rotatable bonds is 7. The number of nitrogens with zero attached hydrogens (tertiary/aromatic N) is 1. The number of aryl methyl sites for hydroxylation is 1. The monoisotopic (exact) mass is 313 g/mol. The van der Waals surface area contributed by atoms with Crippen LogP contribution in [0.3, 0.4) is 0 Å². The van der Waals surface area contributed by atoms with E-state index in [9.17, 15) is 8.42 Å². The van der Waals surface area contributed by atoms with Crippen molar-refractivity contribution in [1.82, 2.24) is 14.6 Å². The van der Waals surface area contributed by atoms with Crippen molar-refractivity contribution in [2.75, 3.05) is 6.54 Å². The highest BCUT2D eigenvalue weighted by atomic mass is 32.2. The predicted octanol–water partition coefficient (Wildman–Crippen LogP) is 1.85. The Labute approximate surface area is 128 Å². The Morgan fingerprint density at radius 3 is 2.57 bits per heavy atom. The van der Waals surface area contributed by atoms with Gasteiger partial charge in [0.25, 0.3) is 0 Å². The van der Waals surface area contributed by atoms with Crippen LogP contribution in [0.15, 0.2) is 17.2 Å². The molecule has 2 rings (SSSR count). The Balaban J connectivity index is 2.01. The summed E-state index contributed by atoms with van der Waals surface area (Å²) in [6, 6.07) is 2.12. The van der Waals surface area contributed by atoms with Gasteiger partial charge in [-0.2, -0.15) is 0 Å². The molecule has 5 nitrogen and oxygen atoms in total. The molecule has 1 aliphatic rings. The molecule has 1 aromatic rings. The minimum absolute atomic E-state index is 0.283. The molecule has 1 aromatic heterocycles. The highest BCUT2D eigenvalue weighted by Crippen LogP contribution is 2.51. The fourth-order valence-electron chi connectivity index (χ4n) is 2.43. The lowest BCUT2D eigenvalue weighted by Gasteiger charge is -2.08. The van der Waals surface area contributed by atoms with Crippen LogP contribution in [0, 0.1) is 11.3 Å². The zero-order chi connectivity index (χ0) is 15.8. The van der Waals surface area contributed by atoms with Gasteiger partial charge in [-0.3, -0.25) is 0 Å². The maximum absolute atomic E-state index is 12.3. The van der Waals surface area contributed by atoms with Crippen molar-refractivity contribution in [2.45, 2.75) is 51.6 Å². The number of hydrogen-bond donors (Lipinski definition) is 2. The van der Waals surface area contributed by atoms with Gasteiger partial charge in [0, 0.05) is 38.1 Å². The van der Waals surface area contributed by atoms with Gasteiger partial charge in [-0.1, -0.05) is 27.7 Å². The summed E-state index contributed by atoms with van der Waals surface area (Å²) in [6.45, 7) is 9.68. The van der Waals surface area contributed by atoms with Gasteiger partial charge in [-0.05, 0) is 23.8 Å². The van der Waals surface area contributed by atoms with Crippen LogP contribution in [0.4, 0.5) is 0 Å². The van der Waals surface area contributed by atoms with E-state index in [1.807, 2.05) is 11.6 Å². The van der Waals surface area contributed by atoms with Crippen molar-refractivity contribution in [3.8, 4) is 0 Å². The van der Waals surface area contributed by atoms with Crippen LogP contribution in [-0.2, 0) is 23.6 Å². The lowest BCUT2D eigenvalue weighted by atomic mass is 10.1. The van der Waals surface area contributed by atoms with Gasteiger partial charge in [0.2, 0.25) is 10.0 Å².